The number of nitrogens with zero attached hydrogens (tertiary/aromatic N) is 1. The first kappa shape index (κ1) is 20.0. The van der Waals surface area contributed by atoms with E-state index in [1.807, 2.05) is 38.1 Å². The summed E-state index contributed by atoms with van der Waals surface area (Å²) < 4.78 is 40.3. The Balaban J connectivity index is 1.94. The number of rotatable bonds is 7. The van der Waals surface area contributed by atoms with Gasteiger partial charge in [0.2, 0.25) is 17.7 Å². The van der Waals surface area contributed by atoms with E-state index in [1.54, 1.807) is 0 Å². The van der Waals surface area contributed by atoms with Crippen LogP contribution >= 0.6 is 0 Å². The highest BCUT2D eigenvalue weighted by molar-refractivity contribution is 6.01. The van der Waals surface area contributed by atoms with Gasteiger partial charge in [-0.15, -0.1) is 0 Å². The summed E-state index contributed by atoms with van der Waals surface area (Å²) >= 11 is 0. The van der Waals surface area contributed by atoms with Crippen LogP contribution in [0.5, 0.6) is 11.8 Å². The largest absolute Gasteiger partial charge is 0.481 e. The fourth-order valence-corrected chi connectivity index (χ4v) is 3.20. The number of benzene rings is 1. The molecule has 150 valence electrons. The second kappa shape index (κ2) is 8.10. The predicted octanol–water partition coefficient (Wildman–Crippen LogP) is 3.72. The molecule has 1 aromatic heterocycles. The van der Waals surface area contributed by atoms with E-state index in [1.165, 1.54) is 19.2 Å². The molecule has 0 aliphatic carbocycles. The van der Waals surface area contributed by atoms with Crippen LogP contribution in [0.15, 0.2) is 36.4 Å². The number of anilines is 1. The SMILES string of the molecule is COc1ccc(NC(=O)C2(c3ccccc3C(C)C)COC2)c(OC(F)F)n1. The van der Waals surface area contributed by atoms with Gasteiger partial charge >= 0.3 is 6.61 Å². The van der Waals surface area contributed by atoms with Gasteiger partial charge in [0.25, 0.3) is 0 Å². The van der Waals surface area contributed by atoms with E-state index in [0.29, 0.717) is 0 Å². The number of methoxy groups -OCH3 is 1. The monoisotopic (exact) mass is 392 g/mol. The van der Waals surface area contributed by atoms with E-state index in [0.717, 1.165) is 11.1 Å². The number of pyridine rings is 1. The molecule has 2 aromatic rings. The summed E-state index contributed by atoms with van der Waals surface area (Å²) in [6.45, 7) is 1.42. The van der Waals surface area contributed by atoms with E-state index in [-0.39, 0.29) is 36.6 Å². The van der Waals surface area contributed by atoms with Crippen molar-refractivity contribution in [2.45, 2.75) is 31.8 Å². The second-order valence-corrected chi connectivity index (χ2v) is 6.86. The quantitative estimate of drug-likeness (QED) is 0.778. The lowest BCUT2D eigenvalue weighted by atomic mass is 9.73. The summed E-state index contributed by atoms with van der Waals surface area (Å²) in [4.78, 5) is 17.0. The molecule has 1 aromatic carbocycles. The number of ether oxygens (including phenoxy) is 3. The van der Waals surface area contributed by atoms with Gasteiger partial charge in [0.05, 0.1) is 20.3 Å². The van der Waals surface area contributed by atoms with Crippen molar-refractivity contribution in [2.24, 2.45) is 0 Å². The molecule has 28 heavy (non-hydrogen) atoms. The minimum Gasteiger partial charge on any atom is -0.481 e. The average Bonchev–Trinajstić information content (AvgIpc) is 2.62. The maximum Gasteiger partial charge on any atom is 0.388 e. The topological polar surface area (TPSA) is 69.7 Å². The van der Waals surface area contributed by atoms with E-state index in [2.05, 4.69) is 15.0 Å². The van der Waals surface area contributed by atoms with Gasteiger partial charge in [-0.05, 0) is 23.1 Å². The van der Waals surface area contributed by atoms with Gasteiger partial charge in [-0.2, -0.15) is 13.8 Å². The van der Waals surface area contributed by atoms with Crippen LogP contribution in [0.1, 0.15) is 30.9 Å². The first-order valence-electron chi connectivity index (χ1n) is 8.86. The number of nitrogens with one attached hydrogen (secondary N) is 1. The van der Waals surface area contributed by atoms with Crippen LogP contribution in [-0.4, -0.2) is 37.8 Å². The third-order valence-electron chi connectivity index (χ3n) is 4.72. The summed E-state index contributed by atoms with van der Waals surface area (Å²) in [6.07, 6.45) is 0. The third-order valence-corrected chi connectivity index (χ3v) is 4.72. The Morgan fingerprint density at radius 3 is 2.50 bits per heavy atom. The van der Waals surface area contributed by atoms with E-state index in [4.69, 9.17) is 9.47 Å². The molecule has 1 saturated heterocycles. The summed E-state index contributed by atoms with van der Waals surface area (Å²) in [5, 5.41) is 2.68. The maximum absolute atomic E-state index is 13.2. The molecule has 1 amide bonds. The van der Waals surface area contributed by atoms with Gasteiger partial charge < -0.3 is 19.5 Å². The lowest BCUT2D eigenvalue weighted by molar-refractivity contribution is -0.139. The highest BCUT2D eigenvalue weighted by atomic mass is 19.3. The zero-order chi connectivity index (χ0) is 20.3. The fraction of sp³-hybridized carbons (Fsp3) is 0.400. The zero-order valence-corrected chi connectivity index (χ0v) is 15.9. The molecule has 1 aliphatic rings. The molecule has 8 heteroatoms. The summed E-state index contributed by atoms with van der Waals surface area (Å²) in [5.74, 6) is -0.462. The molecule has 0 spiro atoms. The molecule has 0 unspecified atom stereocenters. The lowest BCUT2D eigenvalue weighted by Gasteiger charge is -2.41. The van der Waals surface area contributed by atoms with Crippen LogP contribution in [-0.2, 0) is 14.9 Å². The van der Waals surface area contributed by atoms with Gasteiger partial charge in [-0.1, -0.05) is 38.1 Å². The number of carbonyl (C=O) groups excluding carboxylic acids is 1. The molecule has 0 saturated carbocycles. The van der Waals surface area contributed by atoms with Crippen molar-refractivity contribution in [3.8, 4) is 11.8 Å². The first-order valence-corrected chi connectivity index (χ1v) is 8.86. The molecule has 3 rings (SSSR count). The van der Waals surface area contributed by atoms with E-state index >= 15 is 0 Å². The molecule has 1 fully saturated rings. The van der Waals surface area contributed by atoms with Gasteiger partial charge in [-0.3, -0.25) is 4.79 Å². The Morgan fingerprint density at radius 1 is 1.21 bits per heavy atom. The first-order chi connectivity index (χ1) is 13.4. The van der Waals surface area contributed by atoms with Crippen LogP contribution < -0.4 is 14.8 Å². The Bertz CT molecular complexity index is 854. The molecule has 1 aliphatic heterocycles. The van der Waals surface area contributed by atoms with Crippen molar-refractivity contribution in [1.82, 2.24) is 4.98 Å². The van der Waals surface area contributed by atoms with Crippen LogP contribution in [0, 0.1) is 0 Å². The molecule has 0 bridgehead atoms. The van der Waals surface area contributed by atoms with Crippen molar-refractivity contribution in [3.05, 3.63) is 47.5 Å². The van der Waals surface area contributed by atoms with Gasteiger partial charge in [0.15, 0.2) is 0 Å². The maximum atomic E-state index is 13.2. The van der Waals surface area contributed by atoms with Crippen LogP contribution in [0.3, 0.4) is 0 Å². The van der Waals surface area contributed by atoms with Crippen LogP contribution in [0.25, 0.3) is 0 Å². The highest BCUT2D eigenvalue weighted by Gasteiger charge is 2.49. The summed E-state index contributed by atoms with van der Waals surface area (Å²) in [5.41, 5.74) is 1.05. The molecule has 1 N–H and O–H groups in total. The number of hydrogen-bond donors (Lipinski definition) is 1. The van der Waals surface area contributed by atoms with Crippen molar-refractivity contribution < 1.29 is 27.8 Å². The smallest absolute Gasteiger partial charge is 0.388 e. The minimum atomic E-state index is -3.09. The number of aromatic nitrogens is 1. The number of hydrogen-bond acceptors (Lipinski definition) is 5. The molecular formula is C20H22F2N2O4. The Hall–Kier alpha value is -2.74. The van der Waals surface area contributed by atoms with Crippen molar-refractivity contribution in [3.63, 3.8) is 0 Å². The Kier molecular flexibility index (Phi) is 5.79. The molecule has 2 heterocycles. The van der Waals surface area contributed by atoms with Crippen molar-refractivity contribution in [2.75, 3.05) is 25.6 Å². The van der Waals surface area contributed by atoms with Gasteiger partial charge in [0.1, 0.15) is 11.1 Å². The Labute approximate surface area is 161 Å². The predicted molar refractivity (Wildman–Crippen MR) is 99.1 cm³/mol. The summed E-state index contributed by atoms with van der Waals surface area (Å²) in [7, 11) is 1.36. The number of halogens is 2. The summed E-state index contributed by atoms with van der Waals surface area (Å²) in [6, 6.07) is 10.6. The van der Waals surface area contributed by atoms with Crippen molar-refractivity contribution in [1.29, 1.82) is 0 Å². The molecular weight excluding hydrogens is 370 g/mol. The number of carbonyl (C=O) groups is 1. The minimum absolute atomic E-state index is 0.0411. The molecule has 0 radical (unpaired) electrons. The lowest BCUT2D eigenvalue weighted by Crippen LogP contribution is -2.56. The Morgan fingerprint density at radius 2 is 1.93 bits per heavy atom. The number of alkyl halides is 2. The van der Waals surface area contributed by atoms with Gasteiger partial charge in [-0.25, -0.2) is 0 Å². The van der Waals surface area contributed by atoms with Crippen molar-refractivity contribution >= 4 is 11.6 Å². The average molecular weight is 392 g/mol. The zero-order valence-electron chi connectivity index (χ0n) is 15.9. The van der Waals surface area contributed by atoms with Gasteiger partial charge in [0, 0.05) is 6.07 Å². The van der Waals surface area contributed by atoms with Crippen LogP contribution in [0.4, 0.5) is 14.5 Å². The highest BCUT2D eigenvalue weighted by Crippen LogP contribution is 2.39. The normalized spacial score (nSPS) is 15.2. The second-order valence-electron chi connectivity index (χ2n) is 6.86. The van der Waals surface area contributed by atoms with E-state index < -0.39 is 17.9 Å². The molecule has 6 nitrogen and oxygen atoms in total. The third kappa shape index (κ3) is 3.77. The standard InChI is InChI=1S/C20H22F2N2O4/c1-12(2)13-6-4-5-7-14(13)20(10-27-11-20)18(25)23-15-8-9-16(26-3)24-17(15)28-19(21)22/h4-9,12,19H,10-11H2,1-3H3,(H,23,25). The fourth-order valence-electron chi connectivity index (χ4n) is 3.20. The molecule has 0 atom stereocenters. The number of amides is 1. The van der Waals surface area contributed by atoms with Crippen LogP contribution in [0.2, 0.25) is 0 Å². The van der Waals surface area contributed by atoms with E-state index in [9.17, 15) is 13.6 Å².